The summed E-state index contributed by atoms with van der Waals surface area (Å²) in [4.78, 5) is 44.8. The molecular weight excluding hydrogens is 404 g/mol. The summed E-state index contributed by atoms with van der Waals surface area (Å²) < 4.78 is 0. The SMILES string of the molecule is CNc1c(CCCC(C)(C)C)c(=O)c1=O.CNc1c(CCCCCC(C)(C)C)c(=O)c1=O. The van der Waals surface area contributed by atoms with Crippen LogP contribution >= 0.6 is 0 Å². The summed E-state index contributed by atoms with van der Waals surface area (Å²) in [5.74, 6) is 0. The summed E-state index contributed by atoms with van der Waals surface area (Å²) in [5.41, 5.74) is 1.83. The Morgan fingerprint density at radius 3 is 1.28 bits per heavy atom. The molecule has 0 bridgehead atoms. The van der Waals surface area contributed by atoms with Gasteiger partial charge in [-0.2, -0.15) is 0 Å². The summed E-state index contributed by atoms with van der Waals surface area (Å²) in [5, 5.41) is 5.59. The van der Waals surface area contributed by atoms with Crippen LogP contribution in [0.2, 0.25) is 0 Å². The fraction of sp³-hybridized carbons (Fsp3) is 0.692. The first-order chi connectivity index (χ1) is 14.7. The van der Waals surface area contributed by atoms with Gasteiger partial charge in [0, 0.05) is 25.2 Å². The van der Waals surface area contributed by atoms with Crippen LogP contribution in [0.5, 0.6) is 0 Å². The van der Waals surface area contributed by atoms with E-state index in [9.17, 15) is 19.2 Å². The molecule has 0 fully saturated rings. The van der Waals surface area contributed by atoms with Crippen LogP contribution < -0.4 is 32.3 Å². The highest BCUT2D eigenvalue weighted by Gasteiger charge is 2.20. The van der Waals surface area contributed by atoms with E-state index in [0.717, 1.165) is 38.5 Å². The minimum absolute atomic E-state index is 0.287. The Morgan fingerprint density at radius 1 is 0.531 bits per heavy atom. The second-order valence-electron chi connectivity index (χ2n) is 11.1. The summed E-state index contributed by atoms with van der Waals surface area (Å²) in [6.45, 7) is 13.2. The van der Waals surface area contributed by atoms with Gasteiger partial charge in [0.05, 0.1) is 11.4 Å². The van der Waals surface area contributed by atoms with Crippen molar-refractivity contribution < 1.29 is 0 Å². The van der Waals surface area contributed by atoms with Crippen LogP contribution in [0.25, 0.3) is 0 Å². The van der Waals surface area contributed by atoms with E-state index in [1.54, 1.807) is 14.1 Å². The normalized spacial score (nSPS) is 12.0. The fourth-order valence-corrected chi connectivity index (χ4v) is 3.81. The van der Waals surface area contributed by atoms with Crippen molar-refractivity contribution in [1.82, 2.24) is 0 Å². The molecule has 2 N–H and O–H groups in total. The molecule has 0 aliphatic rings. The Kier molecular flexibility index (Phi) is 10.1. The van der Waals surface area contributed by atoms with E-state index in [1.807, 2.05) is 0 Å². The Labute approximate surface area is 192 Å². The first-order valence-corrected chi connectivity index (χ1v) is 11.7. The monoisotopic (exact) mass is 446 g/mol. The third kappa shape index (κ3) is 8.03. The molecule has 0 saturated carbocycles. The highest BCUT2D eigenvalue weighted by Crippen LogP contribution is 2.23. The van der Waals surface area contributed by atoms with Crippen LogP contribution in [0, 0.1) is 10.8 Å². The van der Waals surface area contributed by atoms with Crippen molar-refractivity contribution in [3.05, 3.63) is 52.0 Å². The summed E-state index contributed by atoms with van der Waals surface area (Å²) in [7, 11) is 3.38. The van der Waals surface area contributed by atoms with Crippen LogP contribution in [-0.2, 0) is 12.8 Å². The van der Waals surface area contributed by atoms with Crippen LogP contribution in [-0.4, -0.2) is 14.1 Å². The van der Waals surface area contributed by atoms with Crippen molar-refractivity contribution in [3.63, 3.8) is 0 Å². The molecule has 0 amide bonds. The second kappa shape index (κ2) is 11.6. The molecule has 0 aromatic heterocycles. The molecule has 0 saturated heterocycles. The average Bonchev–Trinajstić information content (AvgIpc) is 2.70. The lowest BCUT2D eigenvalue weighted by atomic mass is 9.88. The zero-order valence-corrected chi connectivity index (χ0v) is 21.3. The van der Waals surface area contributed by atoms with Gasteiger partial charge in [-0.05, 0) is 49.4 Å². The Balaban J connectivity index is 0.000000323. The molecule has 0 aliphatic heterocycles. The van der Waals surface area contributed by atoms with E-state index in [4.69, 9.17) is 0 Å². The van der Waals surface area contributed by atoms with Gasteiger partial charge in [-0.15, -0.1) is 0 Å². The largest absolute Gasteiger partial charge is 0.385 e. The minimum Gasteiger partial charge on any atom is -0.385 e. The maximum atomic E-state index is 11.3. The first-order valence-electron chi connectivity index (χ1n) is 11.7. The van der Waals surface area contributed by atoms with E-state index in [2.05, 4.69) is 52.2 Å². The van der Waals surface area contributed by atoms with Gasteiger partial charge in [-0.1, -0.05) is 54.4 Å². The molecule has 2 rings (SSSR count). The van der Waals surface area contributed by atoms with Crippen LogP contribution in [0.4, 0.5) is 11.4 Å². The predicted octanol–water partition coefficient (Wildman–Crippen LogP) is 4.17. The quantitative estimate of drug-likeness (QED) is 0.420. The zero-order chi connectivity index (χ0) is 24.7. The van der Waals surface area contributed by atoms with Gasteiger partial charge >= 0.3 is 0 Å². The summed E-state index contributed by atoms with van der Waals surface area (Å²) in [6, 6.07) is 0. The highest BCUT2D eigenvalue weighted by molar-refractivity contribution is 5.56. The third-order valence-electron chi connectivity index (χ3n) is 5.73. The molecule has 6 nitrogen and oxygen atoms in total. The Hall–Kier alpha value is -2.24. The van der Waals surface area contributed by atoms with E-state index >= 15 is 0 Å². The topological polar surface area (TPSA) is 92.3 Å². The van der Waals surface area contributed by atoms with Crippen molar-refractivity contribution in [2.45, 2.75) is 92.9 Å². The molecule has 0 aliphatic carbocycles. The van der Waals surface area contributed by atoms with Gasteiger partial charge in [0.1, 0.15) is 0 Å². The molecule has 2 aromatic carbocycles. The van der Waals surface area contributed by atoms with Crippen LogP contribution in [0.15, 0.2) is 19.2 Å². The van der Waals surface area contributed by atoms with E-state index in [1.165, 1.54) is 12.8 Å². The minimum atomic E-state index is -0.358. The maximum absolute atomic E-state index is 11.3. The number of hydrogen-bond acceptors (Lipinski definition) is 6. The molecule has 0 spiro atoms. The van der Waals surface area contributed by atoms with Gasteiger partial charge in [-0.25, -0.2) is 0 Å². The summed E-state index contributed by atoms with van der Waals surface area (Å²) in [6.07, 6.45) is 8.00. The predicted molar refractivity (Wildman–Crippen MR) is 136 cm³/mol. The second-order valence-corrected chi connectivity index (χ2v) is 11.1. The number of nitrogens with one attached hydrogen (secondary N) is 2. The van der Waals surface area contributed by atoms with Crippen LogP contribution in [0.1, 0.15) is 91.2 Å². The molecule has 32 heavy (non-hydrogen) atoms. The standard InChI is InChI=1S/C14H23NO2.C12H19NO2/c1-14(2,3)9-7-5-6-8-10-11(15-4)13(17)12(10)16;1-12(2,3)7-5-6-8-9(13-4)11(15)10(8)14/h15H,5-9H2,1-4H3;13H,5-7H2,1-4H3. The molecule has 6 heteroatoms. The lowest BCUT2D eigenvalue weighted by molar-refractivity contribution is 0.358. The van der Waals surface area contributed by atoms with Gasteiger partial charge < -0.3 is 10.6 Å². The number of rotatable bonds is 10. The van der Waals surface area contributed by atoms with E-state index < -0.39 is 0 Å². The molecule has 2 aromatic rings. The van der Waals surface area contributed by atoms with E-state index in [0.29, 0.717) is 27.9 Å². The number of hydrogen-bond donors (Lipinski definition) is 2. The highest BCUT2D eigenvalue weighted by atomic mass is 16.2. The van der Waals surface area contributed by atoms with Crippen molar-refractivity contribution in [1.29, 1.82) is 0 Å². The molecular formula is C26H42N2O4. The molecule has 180 valence electrons. The molecule has 0 heterocycles. The lowest BCUT2D eigenvalue weighted by Crippen LogP contribution is -2.38. The van der Waals surface area contributed by atoms with Gasteiger partial charge in [0.25, 0.3) is 0 Å². The molecule has 0 radical (unpaired) electrons. The van der Waals surface area contributed by atoms with Crippen molar-refractivity contribution in [3.8, 4) is 0 Å². The van der Waals surface area contributed by atoms with Crippen LogP contribution in [0.3, 0.4) is 0 Å². The summed E-state index contributed by atoms with van der Waals surface area (Å²) >= 11 is 0. The van der Waals surface area contributed by atoms with Gasteiger partial charge in [0.2, 0.25) is 21.7 Å². The Morgan fingerprint density at radius 2 is 0.906 bits per heavy atom. The molecule has 0 atom stereocenters. The molecule has 0 unspecified atom stereocenters. The lowest BCUT2D eigenvalue weighted by Gasteiger charge is -2.18. The van der Waals surface area contributed by atoms with E-state index in [-0.39, 0.29) is 27.1 Å². The third-order valence-corrected chi connectivity index (χ3v) is 5.73. The van der Waals surface area contributed by atoms with Crippen molar-refractivity contribution in [2.75, 3.05) is 24.7 Å². The Bertz CT molecular complexity index is 1010. The first kappa shape index (κ1) is 27.8. The van der Waals surface area contributed by atoms with Crippen molar-refractivity contribution in [2.24, 2.45) is 10.8 Å². The maximum Gasteiger partial charge on any atom is 0.249 e. The smallest absolute Gasteiger partial charge is 0.249 e. The van der Waals surface area contributed by atoms with Crippen molar-refractivity contribution >= 4 is 11.4 Å². The van der Waals surface area contributed by atoms with Gasteiger partial charge in [0.15, 0.2) is 0 Å². The van der Waals surface area contributed by atoms with Gasteiger partial charge in [-0.3, -0.25) is 19.2 Å². The number of anilines is 2. The fourth-order valence-electron chi connectivity index (χ4n) is 3.81. The number of unbranched alkanes of at least 4 members (excludes halogenated alkanes) is 2. The zero-order valence-electron chi connectivity index (χ0n) is 21.3. The average molecular weight is 447 g/mol.